The zero-order chi connectivity index (χ0) is 21.7. The molecule has 2 aromatic rings. The van der Waals surface area contributed by atoms with Crippen LogP contribution < -0.4 is 0 Å². The largest absolute Gasteiger partial charge is 0.333 e. The van der Waals surface area contributed by atoms with Gasteiger partial charge < -0.3 is 4.57 Å². The number of likely N-dealkylation sites (N-methyl/N-ethyl adjacent to an activating group) is 2. The van der Waals surface area contributed by atoms with Crippen molar-refractivity contribution in [2.75, 3.05) is 14.1 Å². The second-order valence-electron chi connectivity index (χ2n) is 7.73. The van der Waals surface area contributed by atoms with Gasteiger partial charge in [-0.25, -0.2) is 4.79 Å². The molecule has 8 heteroatoms. The van der Waals surface area contributed by atoms with Gasteiger partial charge in [0, 0.05) is 30.4 Å². The van der Waals surface area contributed by atoms with Crippen LogP contribution in [0.5, 0.6) is 0 Å². The molecule has 30 heavy (non-hydrogen) atoms. The van der Waals surface area contributed by atoms with E-state index in [0.29, 0.717) is 0 Å². The van der Waals surface area contributed by atoms with Crippen LogP contribution in [-0.4, -0.2) is 46.3 Å². The van der Waals surface area contributed by atoms with E-state index in [4.69, 9.17) is 0 Å². The third-order valence-corrected chi connectivity index (χ3v) is 7.16. The van der Waals surface area contributed by atoms with E-state index in [2.05, 4.69) is 6.07 Å². The summed E-state index contributed by atoms with van der Waals surface area (Å²) in [6, 6.07) is 3.65. The molecule has 1 fully saturated rings. The fraction of sp³-hybridized carbons (Fsp3) is 0.364. The maximum atomic E-state index is 12.5. The third kappa shape index (κ3) is 2.89. The van der Waals surface area contributed by atoms with Gasteiger partial charge in [-0.15, -0.1) is 11.3 Å². The second kappa shape index (κ2) is 7.26. The van der Waals surface area contributed by atoms with Gasteiger partial charge >= 0.3 is 6.03 Å². The van der Waals surface area contributed by atoms with Crippen LogP contribution in [0.4, 0.5) is 4.79 Å². The molecule has 7 nitrogen and oxygen atoms in total. The van der Waals surface area contributed by atoms with Gasteiger partial charge in [-0.3, -0.25) is 19.4 Å². The molecule has 0 radical (unpaired) electrons. The fourth-order valence-electron chi connectivity index (χ4n) is 4.20. The summed E-state index contributed by atoms with van der Waals surface area (Å²) in [7, 11) is 2.72. The molecule has 0 N–H and O–H groups in total. The van der Waals surface area contributed by atoms with Crippen LogP contribution in [0.3, 0.4) is 0 Å². The molecule has 0 saturated carbocycles. The van der Waals surface area contributed by atoms with Gasteiger partial charge in [0.1, 0.15) is 16.6 Å². The maximum absolute atomic E-state index is 12.5. The summed E-state index contributed by atoms with van der Waals surface area (Å²) < 4.78 is 2.03. The number of carbonyl (C=O) groups is 3. The molecule has 0 aromatic carbocycles. The minimum absolute atomic E-state index is 0.0502. The molecule has 0 atom stereocenters. The van der Waals surface area contributed by atoms with E-state index < -0.39 is 17.8 Å². The van der Waals surface area contributed by atoms with Crippen molar-refractivity contribution >= 4 is 35.3 Å². The molecule has 1 aliphatic carbocycles. The normalized spacial score (nSPS) is 16.8. The summed E-state index contributed by atoms with van der Waals surface area (Å²) in [5.41, 5.74) is 4.32. The van der Waals surface area contributed by atoms with Crippen molar-refractivity contribution < 1.29 is 14.4 Å². The molecule has 4 rings (SSSR count). The number of thiophene rings is 1. The summed E-state index contributed by atoms with van der Waals surface area (Å²) >= 11 is 1.65. The van der Waals surface area contributed by atoms with Gasteiger partial charge in [0.15, 0.2) is 0 Å². The van der Waals surface area contributed by atoms with Crippen molar-refractivity contribution in [3.63, 3.8) is 0 Å². The number of nitriles is 1. The highest BCUT2D eigenvalue weighted by Gasteiger charge is 2.38. The average Bonchev–Trinajstić information content (AvgIpc) is 3.23. The number of rotatable bonds is 2. The van der Waals surface area contributed by atoms with E-state index in [1.807, 2.05) is 24.5 Å². The average molecular weight is 423 g/mol. The first kappa shape index (κ1) is 20.1. The smallest absolute Gasteiger partial charge is 0.308 e. The standard InChI is InChI=1S/C22H22N4O3S/c1-12-9-14(10-16-19(27)24(3)22(29)25(4)20(16)28)13(2)26(12)21-17(11-23)15-7-5-6-8-18(15)30-21/h9-10H,5-8H2,1-4H3. The van der Waals surface area contributed by atoms with E-state index in [-0.39, 0.29) is 5.57 Å². The number of urea groups is 1. The van der Waals surface area contributed by atoms with Crippen LogP contribution >= 0.6 is 11.3 Å². The van der Waals surface area contributed by atoms with E-state index >= 15 is 0 Å². The van der Waals surface area contributed by atoms with E-state index in [1.165, 1.54) is 19.0 Å². The zero-order valence-electron chi connectivity index (χ0n) is 17.4. The molecule has 3 heterocycles. The number of aryl methyl sites for hydroxylation is 2. The number of hydrogen-bond acceptors (Lipinski definition) is 5. The van der Waals surface area contributed by atoms with Gasteiger partial charge in [-0.05, 0) is 62.8 Å². The predicted molar refractivity (Wildman–Crippen MR) is 113 cm³/mol. The van der Waals surface area contributed by atoms with Crippen LogP contribution in [0.1, 0.15) is 45.8 Å². The van der Waals surface area contributed by atoms with Crippen molar-refractivity contribution in [3.8, 4) is 11.1 Å². The maximum Gasteiger partial charge on any atom is 0.333 e. The third-order valence-electron chi connectivity index (χ3n) is 5.88. The Labute approximate surface area is 178 Å². The van der Waals surface area contributed by atoms with Crippen molar-refractivity contribution in [2.24, 2.45) is 0 Å². The number of fused-ring (bicyclic) bond motifs is 1. The Morgan fingerprint density at radius 2 is 1.70 bits per heavy atom. The number of barbiturate groups is 1. The molecule has 2 aliphatic rings. The van der Waals surface area contributed by atoms with Crippen LogP contribution in [-0.2, 0) is 22.4 Å². The molecule has 1 saturated heterocycles. The van der Waals surface area contributed by atoms with Gasteiger partial charge in [-0.1, -0.05) is 0 Å². The van der Waals surface area contributed by atoms with Crippen LogP contribution in [0.15, 0.2) is 11.6 Å². The molecule has 0 unspecified atom stereocenters. The Hall–Kier alpha value is -3.18. The summed E-state index contributed by atoms with van der Waals surface area (Å²) in [5, 5.41) is 10.7. The Balaban J connectivity index is 1.83. The first-order valence-corrected chi connectivity index (χ1v) is 10.6. The molecule has 0 spiro atoms. The van der Waals surface area contributed by atoms with Crippen molar-refractivity contribution in [2.45, 2.75) is 39.5 Å². The minimum Gasteiger partial charge on any atom is -0.308 e. The van der Waals surface area contributed by atoms with Gasteiger partial charge in [0.2, 0.25) is 0 Å². The Morgan fingerprint density at radius 3 is 2.33 bits per heavy atom. The Bertz CT molecular complexity index is 1150. The lowest BCUT2D eigenvalue weighted by molar-refractivity contribution is -0.134. The highest BCUT2D eigenvalue weighted by Crippen LogP contribution is 2.38. The van der Waals surface area contributed by atoms with Gasteiger partial charge in [0.25, 0.3) is 11.8 Å². The van der Waals surface area contributed by atoms with E-state index in [0.717, 1.165) is 68.6 Å². The minimum atomic E-state index is -0.643. The fourth-order valence-corrected chi connectivity index (χ4v) is 5.65. The highest BCUT2D eigenvalue weighted by atomic mass is 32.1. The first-order chi connectivity index (χ1) is 14.3. The van der Waals surface area contributed by atoms with Gasteiger partial charge in [-0.2, -0.15) is 5.26 Å². The monoisotopic (exact) mass is 422 g/mol. The number of imide groups is 2. The molecule has 2 aromatic heterocycles. The SMILES string of the molecule is Cc1cc(C=C2C(=O)N(C)C(=O)N(C)C2=O)c(C)n1-c1sc2c(c1C#N)CCCC2. The lowest BCUT2D eigenvalue weighted by Crippen LogP contribution is -2.52. The molecule has 0 bridgehead atoms. The van der Waals surface area contributed by atoms with Crippen LogP contribution in [0.25, 0.3) is 11.1 Å². The lowest BCUT2D eigenvalue weighted by Gasteiger charge is -2.28. The van der Waals surface area contributed by atoms with Crippen molar-refractivity contribution in [1.82, 2.24) is 14.4 Å². The van der Waals surface area contributed by atoms with E-state index in [1.54, 1.807) is 17.4 Å². The van der Waals surface area contributed by atoms with E-state index in [9.17, 15) is 19.6 Å². The molecule has 154 valence electrons. The number of hydrogen-bond donors (Lipinski definition) is 0. The number of carbonyl (C=O) groups excluding carboxylic acids is 3. The lowest BCUT2D eigenvalue weighted by atomic mass is 9.96. The molecular formula is C22H22N4O3S. The summed E-state index contributed by atoms with van der Waals surface area (Å²) in [5.74, 6) is -1.23. The second-order valence-corrected chi connectivity index (χ2v) is 8.82. The number of nitrogens with zero attached hydrogens (tertiary/aromatic N) is 4. The highest BCUT2D eigenvalue weighted by molar-refractivity contribution is 7.15. The predicted octanol–water partition coefficient (Wildman–Crippen LogP) is 3.34. The van der Waals surface area contributed by atoms with Crippen molar-refractivity contribution in [1.29, 1.82) is 5.26 Å². The summed E-state index contributed by atoms with van der Waals surface area (Å²) in [4.78, 5) is 40.2. The topological polar surface area (TPSA) is 86.4 Å². The Morgan fingerprint density at radius 1 is 1.07 bits per heavy atom. The molecular weight excluding hydrogens is 400 g/mol. The number of aromatic nitrogens is 1. The number of amides is 4. The van der Waals surface area contributed by atoms with Gasteiger partial charge in [0.05, 0.1) is 5.56 Å². The van der Waals surface area contributed by atoms with Crippen molar-refractivity contribution in [3.05, 3.63) is 44.6 Å². The zero-order valence-corrected chi connectivity index (χ0v) is 18.2. The summed E-state index contributed by atoms with van der Waals surface area (Å²) in [6.45, 7) is 3.86. The molecule has 1 aliphatic heterocycles. The quantitative estimate of drug-likeness (QED) is 0.549. The summed E-state index contributed by atoms with van der Waals surface area (Å²) in [6.07, 6.45) is 5.72. The van der Waals surface area contributed by atoms with Crippen LogP contribution in [0.2, 0.25) is 0 Å². The Kier molecular flexibility index (Phi) is 4.86. The first-order valence-electron chi connectivity index (χ1n) is 9.82. The van der Waals surface area contributed by atoms with Crippen LogP contribution in [0, 0.1) is 25.2 Å². The molecule has 4 amide bonds.